The molecule has 1 heterocycles. The fourth-order valence-corrected chi connectivity index (χ4v) is 1.46. The Balaban J connectivity index is 2.93. The summed E-state index contributed by atoms with van der Waals surface area (Å²) < 4.78 is 5.71. The number of nitrogens with zero attached hydrogens (tertiary/aromatic N) is 1. The van der Waals surface area contributed by atoms with Crippen LogP contribution in [0.3, 0.4) is 0 Å². The lowest BCUT2D eigenvalue weighted by molar-refractivity contribution is 0.455. The summed E-state index contributed by atoms with van der Waals surface area (Å²) in [5, 5.41) is 5.22. The summed E-state index contributed by atoms with van der Waals surface area (Å²) in [7, 11) is 0. The highest BCUT2D eigenvalue weighted by atomic mass is 79.9. The van der Waals surface area contributed by atoms with E-state index in [1.54, 1.807) is 12.3 Å². The van der Waals surface area contributed by atoms with Crippen LogP contribution in [0.1, 0.15) is 0 Å². The van der Waals surface area contributed by atoms with E-state index < -0.39 is 0 Å². The molecule has 56 valence electrons. The van der Waals surface area contributed by atoms with Crippen LogP contribution in [0.5, 0.6) is 0 Å². The van der Waals surface area contributed by atoms with Gasteiger partial charge in [0.15, 0.2) is 5.58 Å². The first-order valence-corrected chi connectivity index (χ1v) is 4.14. The highest BCUT2D eigenvalue weighted by Gasteiger charge is 2.05. The number of aromatic nitrogens is 1. The van der Waals surface area contributed by atoms with Crippen molar-refractivity contribution in [3.8, 4) is 0 Å². The van der Waals surface area contributed by atoms with Crippen molar-refractivity contribution in [1.29, 1.82) is 0 Å². The van der Waals surface area contributed by atoms with Gasteiger partial charge in [-0.25, -0.2) is 0 Å². The van der Waals surface area contributed by atoms with Gasteiger partial charge >= 0.3 is 0 Å². The lowest BCUT2D eigenvalue weighted by Crippen LogP contribution is -1.68. The number of rotatable bonds is 0. The molecule has 0 aliphatic carbocycles. The largest absolute Gasteiger partial charge is 0.355 e. The first kappa shape index (κ1) is 7.13. The molecule has 0 amide bonds. The van der Waals surface area contributed by atoms with Gasteiger partial charge in [0, 0.05) is 5.39 Å². The van der Waals surface area contributed by atoms with Crippen LogP contribution in [0, 0.1) is 0 Å². The van der Waals surface area contributed by atoms with E-state index in [4.69, 9.17) is 16.1 Å². The standard InChI is InChI=1S/C7H3BrClNO/c8-6-5(9)2-1-4-3-10-11-7(4)6/h1-3H. The van der Waals surface area contributed by atoms with Crippen molar-refractivity contribution in [3.63, 3.8) is 0 Å². The topological polar surface area (TPSA) is 26.0 Å². The molecular formula is C7H3BrClNO. The van der Waals surface area contributed by atoms with Crippen LogP contribution in [0.15, 0.2) is 27.3 Å². The van der Waals surface area contributed by atoms with Gasteiger partial charge in [0.05, 0.1) is 15.7 Å². The molecule has 0 saturated carbocycles. The van der Waals surface area contributed by atoms with Gasteiger partial charge in [-0.2, -0.15) is 0 Å². The van der Waals surface area contributed by atoms with E-state index in [9.17, 15) is 0 Å². The normalized spacial score (nSPS) is 10.7. The first-order chi connectivity index (χ1) is 5.29. The van der Waals surface area contributed by atoms with E-state index in [-0.39, 0.29) is 0 Å². The van der Waals surface area contributed by atoms with Crippen LogP contribution in [0.25, 0.3) is 11.0 Å². The molecule has 0 aliphatic rings. The molecule has 0 spiro atoms. The van der Waals surface area contributed by atoms with E-state index in [0.717, 1.165) is 9.86 Å². The van der Waals surface area contributed by atoms with Crippen molar-refractivity contribution >= 4 is 38.5 Å². The second-order valence-corrected chi connectivity index (χ2v) is 3.31. The molecule has 4 heteroatoms. The van der Waals surface area contributed by atoms with Gasteiger partial charge < -0.3 is 4.52 Å². The van der Waals surface area contributed by atoms with Gasteiger partial charge in [0.25, 0.3) is 0 Å². The molecule has 1 aromatic carbocycles. The summed E-state index contributed by atoms with van der Waals surface area (Å²) in [6.07, 6.45) is 1.65. The highest BCUT2D eigenvalue weighted by molar-refractivity contribution is 9.10. The lowest BCUT2D eigenvalue weighted by Gasteiger charge is -1.92. The number of halogens is 2. The lowest BCUT2D eigenvalue weighted by atomic mass is 10.3. The third kappa shape index (κ3) is 1.04. The zero-order valence-electron chi connectivity index (χ0n) is 5.34. The Bertz CT molecular complexity index is 398. The average Bonchev–Trinajstić information content (AvgIpc) is 2.45. The Kier molecular flexibility index (Phi) is 1.62. The van der Waals surface area contributed by atoms with Crippen LogP contribution < -0.4 is 0 Å². The van der Waals surface area contributed by atoms with E-state index in [1.807, 2.05) is 6.07 Å². The number of hydrogen-bond acceptors (Lipinski definition) is 2. The van der Waals surface area contributed by atoms with Gasteiger partial charge in [-0.1, -0.05) is 16.8 Å². The Morgan fingerprint density at radius 2 is 2.27 bits per heavy atom. The third-order valence-electron chi connectivity index (χ3n) is 1.42. The third-order valence-corrected chi connectivity index (χ3v) is 2.75. The van der Waals surface area contributed by atoms with Crippen LogP contribution >= 0.6 is 27.5 Å². The van der Waals surface area contributed by atoms with Gasteiger partial charge in [0.1, 0.15) is 0 Å². The quantitative estimate of drug-likeness (QED) is 0.697. The number of fused-ring (bicyclic) bond motifs is 1. The molecule has 0 aliphatic heterocycles. The second-order valence-electron chi connectivity index (χ2n) is 2.11. The van der Waals surface area contributed by atoms with Gasteiger partial charge in [-0.15, -0.1) is 0 Å². The molecule has 0 fully saturated rings. The summed E-state index contributed by atoms with van der Waals surface area (Å²) in [5.74, 6) is 0. The van der Waals surface area contributed by atoms with Crippen LogP contribution in [0.4, 0.5) is 0 Å². The number of hydrogen-bond donors (Lipinski definition) is 0. The molecule has 0 bridgehead atoms. The van der Waals surface area contributed by atoms with Crippen molar-refractivity contribution in [2.45, 2.75) is 0 Å². The second kappa shape index (κ2) is 2.50. The van der Waals surface area contributed by atoms with Crippen molar-refractivity contribution in [2.24, 2.45) is 0 Å². The molecular weight excluding hydrogens is 229 g/mol. The highest BCUT2D eigenvalue weighted by Crippen LogP contribution is 2.30. The molecule has 0 N–H and O–H groups in total. The van der Waals surface area contributed by atoms with E-state index >= 15 is 0 Å². The summed E-state index contributed by atoms with van der Waals surface area (Å²) in [4.78, 5) is 0. The summed E-state index contributed by atoms with van der Waals surface area (Å²) >= 11 is 9.10. The fourth-order valence-electron chi connectivity index (χ4n) is 0.877. The van der Waals surface area contributed by atoms with Crippen molar-refractivity contribution in [2.75, 3.05) is 0 Å². The molecule has 0 radical (unpaired) electrons. The molecule has 2 nitrogen and oxygen atoms in total. The maximum atomic E-state index is 5.81. The number of benzene rings is 1. The zero-order chi connectivity index (χ0) is 7.84. The zero-order valence-corrected chi connectivity index (χ0v) is 7.69. The molecule has 1 aromatic heterocycles. The minimum atomic E-state index is 0.634. The molecule has 2 rings (SSSR count). The van der Waals surface area contributed by atoms with Crippen LogP contribution in [-0.2, 0) is 0 Å². The summed E-state index contributed by atoms with van der Waals surface area (Å²) in [6.45, 7) is 0. The van der Waals surface area contributed by atoms with Crippen molar-refractivity contribution in [3.05, 3.63) is 27.8 Å². The summed E-state index contributed by atoms with van der Waals surface area (Å²) in [5.41, 5.74) is 0.692. The first-order valence-electron chi connectivity index (χ1n) is 2.97. The molecule has 0 atom stereocenters. The minimum Gasteiger partial charge on any atom is -0.355 e. The fraction of sp³-hybridized carbons (Fsp3) is 0. The van der Waals surface area contributed by atoms with Gasteiger partial charge in [0.2, 0.25) is 0 Å². The van der Waals surface area contributed by atoms with E-state index in [2.05, 4.69) is 21.1 Å². The molecule has 2 aromatic rings. The Hall–Kier alpha value is -0.540. The van der Waals surface area contributed by atoms with Crippen molar-refractivity contribution < 1.29 is 4.52 Å². The maximum absolute atomic E-state index is 5.81. The average molecular weight is 232 g/mol. The van der Waals surface area contributed by atoms with Gasteiger partial charge in [-0.3, -0.25) is 0 Å². The maximum Gasteiger partial charge on any atom is 0.182 e. The predicted molar refractivity (Wildman–Crippen MR) is 46.7 cm³/mol. The molecule has 11 heavy (non-hydrogen) atoms. The predicted octanol–water partition coefficient (Wildman–Crippen LogP) is 3.24. The summed E-state index contributed by atoms with van der Waals surface area (Å²) in [6, 6.07) is 3.66. The van der Waals surface area contributed by atoms with Gasteiger partial charge in [-0.05, 0) is 28.1 Å². The van der Waals surface area contributed by atoms with Crippen LogP contribution in [-0.4, -0.2) is 5.16 Å². The van der Waals surface area contributed by atoms with Crippen LogP contribution in [0.2, 0.25) is 5.02 Å². The van der Waals surface area contributed by atoms with E-state index in [1.165, 1.54) is 0 Å². The monoisotopic (exact) mass is 231 g/mol. The van der Waals surface area contributed by atoms with E-state index in [0.29, 0.717) is 10.6 Å². The minimum absolute atomic E-state index is 0.634. The Morgan fingerprint density at radius 3 is 3.09 bits per heavy atom. The SMILES string of the molecule is Clc1ccc2cnoc2c1Br. The smallest absolute Gasteiger partial charge is 0.182 e. The van der Waals surface area contributed by atoms with Crippen molar-refractivity contribution in [1.82, 2.24) is 5.16 Å². The molecule has 0 saturated heterocycles. The Labute approximate surface area is 76.2 Å². The molecule has 0 unspecified atom stereocenters. The Morgan fingerprint density at radius 1 is 1.45 bits per heavy atom.